The third-order valence-electron chi connectivity index (χ3n) is 2.77. The molecular formula is C15H23NO4. The molecule has 0 spiro atoms. The highest BCUT2D eigenvalue weighted by Gasteiger charge is 2.19. The Morgan fingerprint density at radius 1 is 1.25 bits per heavy atom. The maximum absolute atomic E-state index is 11.9. The minimum Gasteiger partial charge on any atom is -0.497 e. The Hall–Kier alpha value is -1.75. The van der Waals surface area contributed by atoms with E-state index in [1.54, 1.807) is 39.2 Å². The van der Waals surface area contributed by atoms with E-state index >= 15 is 0 Å². The van der Waals surface area contributed by atoms with Crippen molar-refractivity contribution in [3.05, 3.63) is 23.8 Å². The summed E-state index contributed by atoms with van der Waals surface area (Å²) in [5, 5.41) is 12.5. The van der Waals surface area contributed by atoms with Gasteiger partial charge in [0.2, 0.25) is 0 Å². The highest BCUT2D eigenvalue weighted by Crippen LogP contribution is 2.30. The Bertz CT molecular complexity index is 457. The quantitative estimate of drug-likeness (QED) is 0.837. The van der Waals surface area contributed by atoms with Crippen LogP contribution in [0, 0.1) is 0 Å². The van der Waals surface area contributed by atoms with E-state index in [4.69, 9.17) is 9.47 Å². The number of aliphatic hydroxyl groups excluding tert-OH is 1. The number of amides is 1. The molecule has 2 unspecified atom stereocenters. The van der Waals surface area contributed by atoms with Crippen LogP contribution >= 0.6 is 0 Å². The zero-order valence-corrected chi connectivity index (χ0v) is 12.6. The second-order valence-corrected chi connectivity index (χ2v) is 5.00. The molecule has 0 saturated heterocycles. The molecule has 5 nitrogen and oxygen atoms in total. The number of carbonyl (C=O) groups is 1. The number of carbonyl (C=O) groups excluding carboxylic acids is 1. The molecule has 0 aliphatic carbocycles. The molecule has 0 radical (unpaired) electrons. The predicted octanol–water partition coefficient (Wildman–Crippen LogP) is 2.04. The maximum Gasteiger partial charge on any atom is 0.260 e. The first-order valence-corrected chi connectivity index (χ1v) is 6.68. The molecule has 112 valence electrons. The third-order valence-corrected chi connectivity index (χ3v) is 2.77. The molecule has 0 heterocycles. The summed E-state index contributed by atoms with van der Waals surface area (Å²) in [4.78, 5) is 11.9. The minimum atomic E-state index is -0.684. The fourth-order valence-corrected chi connectivity index (χ4v) is 1.73. The predicted molar refractivity (Wildman–Crippen MR) is 77.0 cm³/mol. The number of nitrogens with one attached hydrogen (secondary N) is 1. The number of aliphatic hydroxyl groups is 1. The van der Waals surface area contributed by atoms with Crippen molar-refractivity contribution in [2.45, 2.75) is 45.9 Å². The Morgan fingerprint density at radius 2 is 1.90 bits per heavy atom. The molecule has 2 N–H and O–H groups in total. The van der Waals surface area contributed by atoms with Gasteiger partial charge in [0.1, 0.15) is 11.5 Å². The summed E-state index contributed by atoms with van der Waals surface area (Å²) < 4.78 is 10.8. The summed E-state index contributed by atoms with van der Waals surface area (Å²) in [6.07, 6.45) is -1.33. The monoisotopic (exact) mass is 281 g/mol. The topological polar surface area (TPSA) is 67.8 Å². The van der Waals surface area contributed by atoms with E-state index in [0.717, 1.165) is 0 Å². The number of rotatable bonds is 6. The first-order chi connectivity index (χ1) is 9.35. The van der Waals surface area contributed by atoms with E-state index in [1.807, 2.05) is 13.8 Å². The van der Waals surface area contributed by atoms with Gasteiger partial charge in [-0.1, -0.05) is 0 Å². The molecule has 2 atom stereocenters. The summed E-state index contributed by atoms with van der Waals surface area (Å²) in [6, 6.07) is 5.19. The molecule has 20 heavy (non-hydrogen) atoms. The first kappa shape index (κ1) is 16.3. The van der Waals surface area contributed by atoms with Gasteiger partial charge in [-0.15, -0.1) is 0 Å². The smallest absolute Gasteiger partial charge is 0.260 e. The van der Waals surface area contributed by atoms with Crippen molar-refractivity contribution in [2.75, 3.05) is 7.11 Å². The van der Waals surface area contributed by atoms with Crippen LogP contribution in [0.1, 0.15) is 39.4 Å². The lowest BCUT2D eigenvalue weighted by molar-refractivity contribution is -0.127. The summed E-state index contributed by atoms with van der Waals surface area (Å²) in [5.41, 5.74) is 0.620. The van der Waals surface area contributed by atoms with Gasteiger partial charge in [0.15, 0.2) is 6.10 Å². The van der Waals surface area contributed by atoms with Crippen LogP contribution < -0.4 is 14.8 Å². The zero-order valence-electron chi connectivity index (χ0n) is 12.6. The van der Waals surface area contributed by atoms with Gasteiger partial charge in [0.25, 0.3) is 5.91 Å². The van der Waals surface area contributed by atoms with Crippen molar-refractivity contribution in [1.82, 2.24) is 5.32 Å². The average molecular weight is 281 g/mol. The largest absolute Gasteiger partial charge is 0.497 e. The van der Waals surface area contributed by atoms with E-state index in [1.165, 1.54) is 0 Å². The van der Waals surface area contributed by atoms with Crippen molar-refractivity contribution in [2.24, 2.45) is 0 Å². The second-order valence-electron chi connectivity index (χ2n) is 5.00. The van der Waals surface area contributed by atoms with E-state index in [-0.39, 0.29) is 11.9 Å². The van der Waals surface area contributed by atoms with Gasteiger partial charge in [-0.25, -0.2) is 0 Å². The van der Waals surface area contributed by atoms with Gasteiger partial charge in [-0.3, -0.25) is 4.79 Å². The Morgan fingerprint density at radius 3 is 2.40 bits per heavy atom. The highest BCUT2D eigenvalue weighted by atomic mass is 16.5. The average Bonchev–Trinajstić information content (AvgIpc) is 2.37. The molecule has 0 fully saturated rings. The molecule has 1 aromatic rings. The minimum absolute atomic E-state index is 0.0510. The number of benzene rings is 1. The Kier molecular flexibility index (Phi) is 5.82. The molecule has 1 rings (SSSR count). The molecule has 1 aromatic carbocycles. The van der Waals surface area contributed by atoms with Gasteiger partial charge >= 0.3 is 0 Å². The lowest BCUT2D eigenvalue weighted by Crippen LogP contribution is -2.40. The van der Waals surface area contributed by atoms with Crippen LogP contribution in [0.25, 0.3) is 0 Å². The Balaban J connectivity index is 2.91. The number of methoxy groups -OCH3 is 1. The molecule has 1 amide bonds. The van der Waals surface area contributed by atoms with E-state index in [2.05, 4.69) is 5.32 Å². The van der Waals surface area contributed by atoms with Crippen molar-refractivity contribution in [3.8, 4) is 11.5 Å². The Labute approximate surface area is 119 Å². The fourth-order valence-electron chi connectivity index (χ4n) is 1.73. The second kappa shape index (κ2) is 7.14. The molecule has 0 aromatic heterocycles. The SMILES string of the molecule is COc1ccc(C(C)O)c(OC(C)C(=O)NC(C)C)c1. The summed E-state index contributed by atoms with van der Waals surface area (Å²) in [6.45, 7) is 7.09. The summed E-state index contributed by atoms with van der Waals surface area (Å²) in [5.74, 6) is 0.867. The van der Waals surface area contributed by atoms with Crippen LogP contribution in [-0.4, -0.2) is 30.3 Å². The van der Waals surface area contributed by atoms with Gasteiger partial charge in [-0.05, 0) is 39.8 Å². The molecule has 0 bridgehead atoms. The molecular weight excluding hydrogens is 258 g/mol. The highest BCUT2D eigenvalue weighted by molar-refractivity contribution is 5.81. The molecule has 0 aliphatic rings. The standard InChI is InChI=1S/C15H23NO4/c1-9(2)16-15(18)11(4)20-14-8-12(19-5)6-7-13(14)10(3)17/h6-11,17H,1-5H3,(H,16,18). The molecule has 5 heteroatoms. The summed E-state index contributed by atoms with van der Waals surface area (Å²) in [7, 11) is 1.55. The number of ether oxygens (including phenoxy) is 2. The van der Waals surface area contributed by atoms with Crippen LogP contribution in [0.5, 0.6) is 11.5 Å². The fraction of sp³-hybridized carbons (Fsp3) is 0.533. The first-order valence-electron chi connectivity index (χ1n) is 6.68. The van der Waals surface area contributed by atoms with Crippen LogP contribution in [0.15, 0.2) is 18.2 Å². The van der Waals surface area contributed by atoms with E-state index in [0.29, 0.717) is 17.1 Å². The number of hydrogen-bond donors (Lipinski definition) is 2. The van der Waals surface area contributed by atoms with Gasteiger partial charge in [-0.2, -0.15) is 0 Å². The number of hydrogen-bond acceptors (Lipinski definition) is 4. The van der Waals surface area contributed by atoms with E-state index < -0.39 is 12.2 Å². The van der Waals surface area contributed by atoms with Crippen LogP contribution in [-0.2, 0) is 4.79 Å². The van der Waals surface area contributed by atoms with Crippen LogP contribution in [0.3, 0.4) is 0 Å². The lowest BCUT2D eigenvalue weighted by Gasteiger charge is -2.20. The normalized spacial score (nSPS) is 13.8. The maximum atomic E-state index is 11.9. The third kappa shape index (κ3) is 4.42. The van der Waals surface area contributed by atoms with Crippen LogP contribution in [0.4, 0.5) is 0 Å². The summed E-state index contributed by atoms with van der Waals surface area (Å²) >= 11 is 0. The van der Waals surface area contributed by atoms with Gasteiger partial charge in [0, 0.05) is 17.7 Å². The van der Waals surface area contributed by atoms with Crippen LogP contribution in [0.2, 0.25) is 0 Å². The van der Waals surface area contributed by atoms with Crippen molar-refractivity contribution < 1.29 is 19.4 Å². The van der Waals surface area contributed by atoms with Crippen molar-refractivity contribution in [3.63, 3.8) is 0 Å². The van der Waals surface area contributed by atoms with E-state index in [9.17, 15) is 9.90 Å². The van der Waals surface area contributed by atoms with Gasteiger partial charge < -0.3 is 19.9 Å². The molecule has 0 saturated carbocycles. The van der Waals surface area contributed by atoms with Crippen molar-refractivity contribution >= 4 is 5.91 Å². The zero-order chi connectivity index (χ0) is 15.3. The lowest BCUT2D eigenvalue weighted by atomic mass is 10.1. The van der Waals surface area contributed by atoms with Gasteiger partial charge in [0.05, 0.1) is 13.2 Å². The van der Waals surface area contributed by atoms with Crippen molar-refractivity contribution in [1.29, 1.82) is 0 Å². The molecule has 0 aliphatic heterocycles.